The molecular formula is C48H67ClO14. The summed E-state index contributed by atoms with van der Waals surface area (Å²) in [5.41, 5.74) is -0.510. The van der Waals surface area contributed by atoms with Gasteiger partial charge in [-0.05, 0) is 125 Å². The third-order valence-electron chi connectivity index (χ3n) is 17.1. The van der Waals surface area contributed by atoms with Crippen LogP contribution in [0.25, 0.3) is 6.08 Å². The van der Waals surface area contributed by atoms with E-state index in [9.17, 15) is 35.4 Å². The van der Waals surface area contributed by atoms with Crippen LogP contribution in [0.5, 0.6) is 0 Å². The van der Waals surface area contributed by atoms with Gasteiger partial charge in [-0.1, -0.05) is 37.6 Å². The Kier molecular flexibility index (Phi) is 12.9. The quantitative estimate of drug-likeness (QED) is 0.152. The Morgan fingerprint density at radius 3 is 1.94 bits per heavy atom. The van der Waals surface area contributed by atoms with Gasteiger partial charge >= 0.3 is 5.97 Å². The van der Waals surface area contributed by atoms with E-state index >= 15 is 0 Å². The number of carbonyl (C=O) groups excluding carboxylic acids is 1. The average Bonchev–Trinajstić information content (AvgIpc) is 3.73. The predicted molar refractivity (Wildman–Crippen MR) is 227 cm³/mol. The summed E-state index contributed by atoms with van der Waals surface area (Å²) < 4.78 is 42.7. The Hall–Kier alpha value is -2.02. The second kappa shape index (κ2) is 17.6. The van der Waals surface area contributed by atoms with Crippen molar-refractivity contribution in [1.29, 1.82) is 0 Å². The molecule has 7 fully saturated rings. The van der Waals surface area contributed by atoms with Crippen molar-refractivity contribution in [1.82, 2.24) is 0 Å². The fourth-order valence-corrected chi connectivity index (χ4v) is 13.7. The van der Waals surface area contributed by atoms with Crippen molar-refractivity contribution in [3.8, 4) is 0 Å². The van der Waals surface area contributed by atoms with E-state index in [2.05, 4.69) is 6.92 Å². The highest BCUT2D eigenvalue weighted by Crippen LogP contribution is 2.70. The first kappa shape index (κ1) is 46.1. The lowest BCUT2D eigenvalue weighted by atomic mass is 9.42. The van der Waals surface area contributed by atoms with E-state index in [1.54, 1.807) is 32.1 Å². The lowest BCUT2D eigenvalue weighted by Crippen LogP contribution is -2.67. The normalized spacial score (nSPS) is 50.6. The van der Waals surface area contributed by atoms with Gasteiger partial charge in [0, 0.05) is 41.3 Å². The molecule has 9 rings (SSSR count). The van der Waals surface area contributed by atoms with Gasteiger partial charge in [-0.15, -0.1) is 0 Å². The number of hydrogen-bond donors (Lipinski definition) is 6. The van der Waals surface area contributed by atoms with E-state index in [1.165, 1.54) is 0 Å². The molecule has 0 aromatic heterocycles. The van der Waals surface area contributed by atoms with Crippen LogP contribution in [-0.4, -0.2) is 128 Å². The smallest absolute Gasteiger partial charge is 0.336 e. The number of aliphatic hydroxyl groups excluding tert-OH is 5. The summed E-state index contributed by atoms with van der Waals surface area (Å²) in [5.74, 6) is 0.211. The standard InChI is InChI=1S/C48H67ClO14/c1-23-43(55)34(50)20-41(57-23)62-45-25(3)59-42(22-36(45)52)63-44-24(2)58-40(21-35(44)51)60-29-12-14-46(4)27(17-29)8-11-32-33(46)19-38(53)47(5)31(13-15-48(32,47)56)30-18-39(54)61-37(30)16-26-6-9-28(49)10-7-26/h6-7,9-10,16,18,23-25,27,29,31-36,38,40-45,50-53,55-56H,8,11-15,17,19-22H2,1-5H3/b37-16-/t23-,24-,25-,27-,29+,31-,32-,33+,34+,35+,36+,38-,40+,41+,42+,43-,44-,45-,46+,47+,48+/m1/s1. The van der Waals surface area contributed by atoms with E-state index in [0.29, 0.717) is 36.0 Å². The number of aliphatic hydroxyl groups is 6. The number of hydrogen-bond acceptors (Lipinski definition) is 14. The van der Waals surface area contributed by atoms with Crippen LogP contribution in [0.4, 0.5) is 0 Å². The molecule has 0 unspecified atom stereocenters. The number of ether oxygens (including phenoxy) is 7. The maximum absolute atomic E-state index is 12.9. The Balaban J connectivity index is 0.794. The number of rotatable bonds is 8. The van der Waals surface area contributed by atoms with Crippen LogP contribution >= 0.6 is 11.6 Å². The highest BCUT2D eigenvalue weighted by molar-refractivity contribution is 6.30. The van der Waals surface area contributed by atoms with Crippen LogP contribution < -0.4 is 0 Å². The first-order chi connectivity index (χ1) is 29.9. The lowest BCUT2D eigenvalue weighted by Gasteiger charge is -2.65. The van der Waals surface area contributed by atoms with E-state index in [1.807, 2.05) is 32.1 Å². The van der Waals surface area contributed by atoms with Gasteiger partial charge in [0.1, 0.15) is 24.1 Å². The molecule has 350 valence electrons. The largest absolute Gasteiger partial charge is 0.423 e. The molecular weight excluding hydrogens is 836 g/mol. The summed E-state index contributed by atoms with van der Waals surface area (Å²) >= 11 is 6.12. The minimum absolute atomic E-state index is 0.000870. The fraction of sp³-hybridized carbons (Fsp3) is 0.771. The van der Waals surface area contributed by atoms with E-state index in [4.69, 9.17) is 44.8 Å². The maximum Gasteiger partial charge on any atom is 0.336 e. The molecule has 4 saturated carbocycles. The van der Waals surface area contributed by atoms with Crippen LogP contribution in [0.1, 0.15) is 111 Å². The number of allylic oxidation sites excluding steroid dienone is 1. The molecule has 3 saturated heterocycles. The average molecular weight is 904 g/mol. The number of fused-ring (bicyclic) bond motifs is 5. The number of halogens is 1. The van der Waals surface area contributed by atoms with Crippen LogP contribution in [-0.2, 0) is 38.0 Å². The zero-order chi connectivity index (χ0) is 44.7. The minimum Gasteiger partial charge on any atom is -0.423 e. The summed E-state index contributed by atoms with van der Waals surface area (Å²) in [5, 5.41) is 68.4. The number of cyclic esters (lactones) is 1. The van der Waals surface area contributed by atoms with Gasteiger partial charge < -0.3 is 63.8 Å². The van der Waals surface area contributed by atoms with E-state index in [0.717, 1.165) is 43.2 Å². The fourth-order valence-electron chi connectivity index (χ4n) is 13.6. The molecule has 6 N–H and O–H groups in total. The molecule has 4 heterocycles. The van der Waals surface area contributed by atoms with Gasteiger partial charge in [-0.25, -0.2) is 4.79 Å². The second-order valence-corrected chi connectivity index (χ2v) is 21.0. The predicted octanol–water partition coefficient (Wildman–Crippen LogP) is 4.91. The first-order valence-corrected chi connectivity index (χ1v) is 23.7. The van der Waals surface area contributed by atoms with Crippen LogP contribution in [0.3, 0.4) is 0 Å². The molecule has 4 aliphatic heterocycles. The molecule has 4 aliphatic carbocycles. The topological polar surface area (TPSA) is 203 Å². The molecule has 0 spiro atoms. The lowest BCUT2D eigenvalue weighted by molar-refractivity contribution is -0.336. The van der Waals surface area contributed by atoms with E-state index < -0.39 is 96.9 Å². The van der Waals surface area contributed by atoms with Crippen molar-refractivity contribution in [2.24, 2.45) is 34.5 Å². The Bertz CT molecular complexity index is 1860. The third-order valence-corrected chi connectivity index (χ3v) is 17.4. The van der Waals surface area contributed by atoms with Gasteiger partial charge in [0.25, 0.3) is 0 Å². The van der Waals surface area contributed by atoms with Crippen molar-refractivity contribution in [2.45, 2.75) is 197 Å². The highest BCUT2D eigenvalue weighted by Gasteiger charge is 2.71. The van der Waals surface area contributed by atoms with E-state index in [-0.39, 0.29) is 48.5 Å². The van der Waals surface area contributed by atoms with Gasteiger partial charge in [-0.3, -0.25) is 0 Å². The molecule has 1 aromatic rings. The Morgan fingerprint density at radius 1 is 0.714 bits per heavy atom. The zero-order valence-corrected chi connectivity index (χ0v) is 37.7. The second-order valence-electron chi connectivity index (χ2n) is 20.6. The Labute approximate surface area is 374 Å². The van der Waals surface area contributed by atoms with Crippen LogP contribution in [0.2, 0.25) is 5.02 Å². The molecule has 0 amide bonds. The van der Waals surface area contributed by atoms with Crippen molar-refractivity contribution >= 4 is 23.6 Å². The number of benzene rings is 1. The molecule has 1 aromatic carbocycles. The van der Waals surface area contributed by atoms with Crippen LogP contribution in [0.15, 0.2) is 41.7 Å². The number of carbonyl (C=O) groups is 1. The summed E-state index contributed by atoms with van der Waals surface area (Å²) in [4.78, 5) is 12.7. The third kappa shape index (κ3) is 8.29. The van der Waals surface area contributed by atoms with Gasteiger partial charge in [-0.2, -0.15) is 0 Å². The molecule has 0 bridgehead atoms. The zero-order valence-electron chi connectivity index (χ0n) is 37.0. The Morgan fingerprint density at radius 2 is 1.32 bits per heavy atom. The SMILES string of the molecule is C[C@H]1O[C@@H](O[C@H]2[C@@H](O)C[C@H](O[C@H]3[C@@H](O)C[C@H](O[C@H]4CC[C@@]5(C)[C@H](CC[C@@H]6[C@@H]5C[C@@H](O)[C@]5(C)[C@@H](C7=CC(=O)O/C7=C\c7ccc(Cl)cc7)CC[C@]65O)C4)O[C@@H]3C)O[C@@H]2C)C[C@H](O)[C@@H]1O. The first-order valence-electron chi connectivity index (χ1n) is 23.3. The molecule has 8 aliphatic rings. The summed E-state index contributed by atoms with van der Waals surface area (Å²) in [7, 11) is 0. The molecule has 0 radical (unpaired) electrons. The van der Waals surface area contributed by atoms with Crippen LogP contribution in [0, 0.1) is 34.5 Å². The molecule has 63 heavy (non-hydrogen) atoms. The van der Waals surface area contributed by atoms with Crippen molar-refractivity contribution in [2.75, 3.05) is 0 Å². The van der Waals surface area contributed by atoms with Crippen molar-refractivity contribution in [3.63, 3.8) is 0 Å². The monoisotopic (exact) mass is 902 g/mol. The summed E-state index contributed by atoms with van der Waals surface area (Å²) in [6, 6.07) is 7.32. The van der Waals surface area contributed by atoms with Gasteiger partial charge in [0.05, 0.1) is 54.4 Å². The molecule has 14 nitrogen and oxygen atoms in total. The van der Waals surface area contributed by atoms with Gasteiger partial charge in [0.2, 0.25) is 0 Å². The highest BCUT2D eigenvalue weighted by atomic mass is 35.5. The minimum atomic E-state index is -1.12. The number of esters is 1. The van der Waals surface area contributed by atoms with Crippen molar-refractivity contribution < 1.29 is 68.6 Å². The van der Waals surface area contributed by atoms with Gasteiger partial charge in [0.15, 0.2) is 18.9 Å². The molecule has 15 heteroatoms. The maximum atomic E-state index is 12.9. The molecule has 21 atom stereocenters. The van der Waals surface area contributed by atoms with Crippen molar-refractivity contribution in [3.05, 3.63) is 52.3 Å². The summed E-state index contributed by atoms with van der Waals surface area (Å²) in [6.07, 6.45) is -0.438. The summed E-state index contributed by atoms with van der Waals surface area (Å²) in [6.45, 7) is 9.62.